The van der Waals surface area contributed by atoms with Crippen LogP contribution in [0.4, 0.5) is 0 Å². The van der Waals surface area contributed by atoms with E-state index in [1.54, 1.807) is 0 Å². The van der Waals surface area contributed by atoms with Crippen molar-refractivity contribution in [3.63, 3.8) is 0 Å². The third-order valence-corrected chi connectivity index (χ3v) is 0.979. The van der Waals surface area contributed by atoms with Gasteiger partial charge in [0.1, 0.15) is 0 Å². The first kappa shape index (κ1) is 27.7. The molecule has 0 rings (SSSR count). The molecule has 0 saturated heterocycles. The average molecular weight is 314 g/mol. The van der Waals surface area contributed by atoms with Crippen LogP contribution in [0.5, 0.6) is 0 Å². The standard InChI is InChI=1S/3C4H6O2.C4H8/c1-3-6-4(2)5;2*1-3(2)4(5)6;1-4(2)3/h3H,1H2,2H3;2*1H2,2H3,(H,5,6);1H2,2-3H3. The summed E-state index contributed by atoms with van der Waals surface area (Å²) in [6.07, 6.45) is 1.10. The van der Waals surface area contributed by atoms with Gasteiger partial charge in [0.15, 0.2) is 0 Å². The minimum absolute atomic E-state index is 0.176. The van der Waals surface area contributed by atoms with Gasteiger partial charge in [-0.1, -0.05) is 25.3 Å². The fraction of sp³-hybridized carbons (Fsp3) is 0.312. The molecule has 0 aromatic heterocycles. The maximum atomic E-state index is 9.75. The number of aliphatic carboxylic acids is 2. The number of carboxylic acids is 2. The zero-order valence-electron chi connectivity index (χ0n) is 13.9. The van der Waals surface area contributed by atoms with Crippen molar-refractivity contribution in [2.24, 2.45) is 0 Å². The normalized spacial score (nSPS) is 7.14. The van der Waals surface area contributed by atoms with Crippen LogP contribution >= 0.6 is 0 Å². The number of rotatable bonds is 3. The van der Waals surface area contributed by atoms with Crippen LogP contribution in [0, 0.1) is 0 Å². The smallest absolute Gasteiger partial charge is 0.330 e. The van der Waals surface area contributed by atoms with Crippen LogP contribution in [0.2, 0.25) is 0 Å². The number of allylic oxidation sites excluding steroid dienone is 1. The maximum absolute atomic E-state index is 9.75. The van der Waals surface area contributed by atoms with Crippen molar-refractivity contribution in [2.45, 2.75) is 34.6 Å². The van der Waals surface area contributed by atoms with Gasteiger partial charge in [0.25, 0.3) is 0 Å². The first-order valence-electron chi connectivity index (χ1n) is 5.97. The minimum atomic E-state index is -0.935. The first-order valence-corrected chi connectivity index (χ1v) is 5.97. The Morgan fingerprint density at radius 2 is 1.00 bits per heavy atom. The number of carbonyl (C=O) groups excluding carboxylic acids is 1. The minimum Gasteiger partial charge on any atom is -0.478 e. The van der Waals surface area contributed by atoms with Gasteiger partial charge in [0.2, 0.25) is 0 Å². The second-order valence-corrected chi connectivity index (χ2v) is 4.15. The van der Waals surface area contributed by atoms with Crippen LogP contribution in [-0.4, -0.2) is 28.1 Å². The summed E-state index contributed by atoms with van der Waals surface area (Å²) in [5.41, 5.74) is 1.52. The molecule has 0 aliphatic heterocycles. The second-order valence-electron chi connectivity index (χ2n) is 4.15. The Morgan fingerprint density at radius 1 is 0.818 bits per heavy atom. The molecule has 126 valence electrons. The van der Waals surface area contributed by atoms with Gasteiger partial charge in [-0.05, 0) is 27.7 Å². The summed E-state index contributed by atoms with van der Waals surface area (Å²) >= 11 is 0. The van der Waals surface area contributed by atoms with Crippen molar-refractivity contribution in [1.29, 1.82) is 0 Å². The van der Waals surface area contributed by atoms with Crippen molar-refractivity contribution >= 4 is 17.9 Å². The molecule has 6 heteroatoms. The topological polar surface area (TPSA) is 101 Å². The number of hydrogen-bond acceptors (Lipinski definition) is 4. The van der Waals surface area contributed by atoms with E-state index in [0.29, 0.717) is 0 Å². The van der Waals surface area contributed by atoms with E-state index in [1.165, 1.54) is 26.3 Å². The van der Waals surface area contributed by atoms with Gasteiger partial charge in [-0.2, -0.15) is 0 Å². The molecular weight excluding hydrogens is 288 g/mol. The molecule has 0 bridgehead atoms. The average Bonchev–Trinajstić information content (AvgIpc) is 2.28. The van der Waals surface area contributed by atoms with Gasteiger partial charge in [-0.3, -0.25) is 4.79 Å². The summed E-state index contributed by atoms with van der Waals surface area (Å²) in [5, 5.41) is 15.8. The molecule has 0 aliphatic rings. The fourth-order valence-electron chi connectivity index (χ4n) is 0.117. The lowest BCUT2D eigenvalue weighted by atomic mass is 10.4. The van der Waals surface area contributed by atoms with E-state index in [4.69, 9.17) is 10.2 Å². The lowest BCUT2D eigenvalue weighted by Gasteiger charge is -1.83. The van der Waals surface area contributed by atoms with E-state index >= 15 is 0 Å². The Balaban J connectivity index is -0.0000000994. The van der Waals surface area contributed by atoms with E-state index < -0.39 is 11.9 Å². The predicted octanol–water partition coefficient (Wildman–Crippen LogP) is 3.57. The van der Waals surface area contributed by atoms with Crippen molar-refractivity contribution in [3.8, 4) is 0 Å². The number of hydrogen-bond donors (Lipinski definition) is 2. The second kappa shape index (κ2) is 18.4. The Morgan fingerprint density at radius 3 is 1.00 bits per heavy atom. The van der Waals surface area contributed by atoms with Crippen molar-refractivity contribution in [1.82, 2.24) is 0 Å². The summed E-state index contributed by atoms with van der Waals surface area (Å²) in [6, 6.07) is 0. The van der Waals surface area contributed by atoms with Gasteiger partial charge >= 0.3 is 17.9 Å². The summed E-state index contributed by atoms with van der Waals surface area (Å²) in [7, 11) is 0. The van der Waals surface area contributed by atoms with Gasteiger partial charge in [0, 0.05) is 18.1 Å². The van der Waals surface area contributed by atoms with Gasteiger partial charge in [0.05, 0.1) is 6.26 Å². The van der Waals surface area contributed by atoms with Crippen LogP contribution < -0.4 is 0 Å². The number of carboxylic acid groups (broad SMARTS) is 2. The summed E-state index contributed by atoms with van der Waals surface area (Å²) in [4.78, 5) is 28.9. The van der Waals surface area contributed by atoms with Crippen molar-refractivity contribution in [2.75, 3.05) is 0 Å². The monoisotopic (exact) mass is 314 g/mol. The fourth-order valence-corrected chi connectivity index (χ4v) is 0.117. The molecule has 0 aromatic rings. The van der Waals surface area contributed by atoms with Gasteiger partial charge in [-0.25, -0.2) is 9.59 Å². The van der Waals surface area contributed by atoms with Gasteiger partial charge in [-0.15, -0.1) is 6.58 Å². The number of ether oxygens (including phenoxy) is 1. The van der Waals surface area contributed by atoms with Crippen LogP contribution in [0.15, 0.2) is 49.3 Å². The molecule has 0 spiro atoms. The van der Waals surface area contributed by atoms with E-state index in [-0.39, 0.29) is 17.1 Å². The number of esters is 1. The Hall–Kier alpha value is -2.63. The molecule has 0 aromatic carbocycles. The number of carbonyl (C=O) groups is 3. The van der Waals surface area contributed by atoms with Crippen LogP contribution in [0.3, 0.4) is 0 Å². The zero-order chi connectivity index (χ0) is 18.9. The molecular formula is C16H26O6. The molecule has 2 N–H and O–H groups in total. The van der Waals surface area contributed by atoms with E-state index in [1.807, 2.05) is 13.8 Å². The Kier molecular flexibility index (Phi) is 23.1. The van der Waals surface area contributed by atoms with Crippen LogP contribution in [0.25, 0.3) is 0 Å². The largest absolute Gasteiger partial charge is 0.478 e. The molecule has 0 aliphatic carbocycles. The molecule has 0 unspecified atom stereocenters. The Labute approximate surface area is 132 Å². The summed E-state index contributed by atoms with van der Waals surface area (Å²) < 4.78 is 4.17. The van der Waals surface area contributed by atoms with Crippen molar-refractivity contribution < 1.29 is 29.3 Å². The first-order chi connectivity index (χ1) is 9.79. The third kappa shape index (κ3) is 66.4. The molecule has 0 fully saturated rings. The van der Waals surface area contributed by atoms with Crippen LogP contribution in [0.1, 0.15) is 34.6 Å². The molecule has 0 heterocycles. The highest BCUT2D eigenvalue weighted by Gasteiger charge is 1.90. The highest BCUT2D eigenvalue weighted by molar-refractivity contribution is 5.85. The highest BCUT2D eigenvalue weighted by atomic mass is 16.5. The van der Waals surface area contributed by atoms with Crippen molar-refractivity contribution in [3.05, 3.63) is 49.3 Å². The molecule has 0 amide bonds. The molecule has 6 nitrogen and oxygen atoms in total. The predicted molar refractivity (Wildman–Crippen MR) is 87.4 cm³/mol. The SMILES string of the molecule is C=C(C)C.C=C(C)C(=O)O.C=C(C)C(=O)O.C=COC(C)=O. The third-order valence-electron chi connectivity index (χ3n) is 0.979. The van der Waals surface area contributed by atoms with Gasteiger partial charge < -0.3 is 14.9 Å². The lowest BCUT2D eigenvalue weighted by molar-refractivity contribution is -0.135. The van der Waals surface area contributed by atoms with Crippen LogP contribution in [-0.2, 0) is 19.1 Å². The molecule has 0 saturated carbocycles. The zero-order valence-corrected chi connectivity index (χ0v) is 13.9. The van der Waals surface area contributed by atoms with E-state index in [9.17, 15) is 14.4 Å². The molecule has 0 atom stereocenters. The lowest BCUT2D eigenvalue weighted by Crippen LogP contribution is -1.92. The van der Waals surface area contributed by atoms with E-state index in [2.05, 4.69) is 31.1 Å². The highest BCUT2D eigenvalue weighted by Crippen LogP contribution is 1.81. The summed E-state index contributed by atoms with van der Waals surface area (Å²) in [5.74, 6) is -2.20. The molecule has 22 heavy (non-hydrogen) atoms. The quantitative estimate of drug-likeness (QED) is 0.357. The molecule has 0 radical (unpaired) electrons. The maximum Gasteiger partial charge on any atom is 0.330 e. The Bertz CT molecular complexity index is 366. The summed E-state index contributed by atoms with van der Waals surface area (Å²) in [6.45, 7) is 21.2. The van der Waals surface area contributed by atoms with E-state index in [0.717, 1.165) is 6.26 Å².